The maximum Gasteiger partial charge on any atom is 0.267 e. The fraction of sp³-hybridized carbons (Fsp3) is 0.296. The summed E-state index contributed by atoms with van der Waals surface area (Å²) in [5.74, 6) is 0.933. The second-order valence-electron chi connectivity index (χ2n) is 8.98. The van der Waals surface area contributed by atoms with Crippen molar-refractivity contribution in [1.29, 1.82) is 0 Å². The molecule has 0 radical (unpaired) electrons. The molecule has 0 aliphatic carbocycles. The molecule has 4 aromatic rings. The van der Waals surface area contributed by atoms with E-state index in [9.17, 15) is 4.79 Å². The van der Waals surface area contributed by atoms with E-state index in [1.807, 2.05) is 48.9 Å². The normalized spacial score (nSPS) is 14.6. The monoisotopic (exact) mass is 454 g/mol. The fourth-order valence-electron chi connectivity index (χ4n) is 4.38. The van der Waals surface area contributed by atoms with Crippen molar-refractivity contribution in [3.63, 3.8) is 0 Å². The van der Waals surface area contributed by atoms with Gasteiger partial charge in [-0.15, -0.1) is 5.10 Å². The zero-order valence-electron chi connectivity index (χ0n) is 19.7. The fourth-order valence-corrected chi connectivity index (χ4v) is 4.38. The number of piperazine rings is 1. The van der Waals surface area contributed by atoms with Gasteiger partial charge in [0.15, 0.2) is 5.82 Å². The van der Waals surface area contributed by atoms with Gasteiger partial charge in [-0.2, -0.15) is 5.10 Å². The summed E-state index contributed by atoms with van der Waals surface area (Å²) in [6.07, 6.45) is 0. The minimum absolute atomic E-state index is 0.0160. The highest BCUT2D eigenvalue weighted by Gasteiger charge is 2.22. The van der Waals surface area contributed by atoms with Crippen LogP contribution in [-0.2, 0) is 6.54 Å². The van der Waals surface area contributed by atoms with Crippen molar-refractivity contribution >= 4 is 5.82 Å². The number of anilines is 1. The molecule has 0 atom stereocenters. The lowest BCUT2D eigenvalue weighted by Crippen LogP contribution is -2.46. The number of hydrogen-bond acceptors (Lipinski definition) is 5. The molecule has 1 fully saturated rings. The second kappa shape index (κ2) is 9.65. The van der Waals surface area contributed by atoms with Crippen molar-refractivity contribution in [3.05, 3.63) is 94.8 Å². The van der Waals surface area contributed by atoms with Gasteiger partial charge in [0.2, 0.25) is 0 Å². The van der Waals surface area contributed by atoms with E-state index in [0.717, 1.165) is 55.6 Å². The minimum Gasteiger partial charge on any atom is -0.353 e. The van der Waals surface area contributed by atoms with Gasteiger partial charge in [0, 0.05) is 44.9 Å². The third-order valence-corrected chi connectivity index (χ3v) is 6.22. The minimum atomic E-state index is -0.0979. The summed E-state index contributed by atoms with van der Waals surface area (Å²) in [6.45, 7) is 8.70. The van der Waals surface area contributed by atoms with Gasteiger partial charge in [0.05, 0.1) is 17.4 Å². The van der Waals surface area contributed by atoms with E-state index in [0.29, 0.717) is 0 Å². The zero-order valence-corrected chi connectivity index (χ0v) is 19.7. The highest BCUT2D eigenvalue weighted by molar-refractivity contribution is 5.63. The van der Waals surface area contributed by atoms with Crippen molar-refractivity contribution in [2.75, 3.05) is 31.1 Å². The Labute approximate surface area is 199 Å². The van der Waals surface area contributed by atoms with Crippen LogP contribution in [0.4, 0.5) is 5.82 Å². The first-order valence-electron chi connectivity index (χ1n) is 11.9. The van der Waals surface area contributed by atoms with Gasteiger partial charge in [-0.05, 0) is 37.6 Å². The van der Waals surface area contributed by atoms with E-state index < -0.39 is 0 Å². The van der Waals surface area contributed by atoms with Crippen LogP contribution < -0.4 is 10.5 Å². The van der Waals surface area contributed by atoms with Crippen LogP contribution in [0.15, 0.2) is 83.7 Å². The molecule has 1 saturated heterocycles. The van der Waals surface area contributed by atoms with Crippen molar-refractivity contribution in [2.45, 2.75) is 26.4 Å². The molecule has 3 heterocycles. The molecule has 7 nitrogen and oxygen atoms in total. The largest absolute Gasteiger partial charge is 0.353 e. The second-order valence-corrected chi connectivity index (χ2v) is 8.98. The van der Waals surface area contributed by atoms with Gasteiger partial charge in [-0.3, -0.25) is 9.69 Å². The molecule has 0 bridgehead atoms. The smallest absolute Gasteiger partial charge is 0.267 e. The molecule has 0 N–H and O–H groups in total. The highest BCUT2D eigenvalue weighted by Crippen LogP contribution is 2.27. The summed E-state index contributed by atoms with van der Waals surface area (Å²) in [4.78, 5) is 17.1. The maximum atomic E-state index is 12.3. The van der Waals surface area contributed by atoms with Gasteiger partial charge in [-0.25, -0.2) is 9.36 Å². The lowest BCUT2D eigenvalue weighted by molar-refractivity contribution is 0.249. The Hall–Kier alpha value is -3.71. The van der Waals surface area contributed by atoms with E-state index in [-0.39, 0.29) is 11.6 Å². The number of hydrogen-bond donors (Lipinski definition) is 0. The highest BCUT2D eigenvalue weighted by atomic mass is 16.1. The van der Waals surface area contributed by atoms with Crippen LogP contribution in [0.3, 0.4) is 0 Å². The summed E-state index contributed by atoms with van der Waals surface area (Å²) in [5, 5.41) is 9.65. The molecule has 0 spiro atoms. The van der Waals surface area contributed by atoms with E-state index in [2.05, 4.69) is 51.3 Å². The number of aromatic nitrogens is 4. The molecule has 34 heavy (non-hydrogen) atoms. The first-order chi connectivity index (χ1) is 16.6. The van der Waals surface area contributed by atoms with E-state index in [1.165, 1.54) is 10.2 Å². The summed E-state index contributed by atoms with van der Waals surface area (Å²) < 4.78 is 3.46. The Bertz CT molecular complexity index is 1290. The number of benzene rings is 2. The van der Waals surface area contributed by atoms with Crippen LogP contribution in [0.2, 0.25) is 0 Å². The molecule has 1 aliphatic heterocycles. The zero-order chi connectivity index (χ0) is 23.5. The predicted molar refractivity (Wildman–Crippen MR) is 135 cm³/mol. The first-order valence-corrected chi connectivity index (χ1v) is 11.9. The molecule has 0 unspecified atom stereocenters. The summed E-state index contributed by atoms with van der Waals surface area (Å²) >= 11 is 0. The average molecular weight is 455 g/mol. The van der Waals surface area contributed by atoms with Crippen LogP contribution in [0, 0.1) is 0 Å². The molecule has 7 heteroatoms. The van der Waals surface area contributed by atoms with E-state index in [4.69, 9.17) is 5.10 Å². The Morgan fingerprint density at radius 2 is 1.50 bits per heavy atom. The SMILES string of the molecule is CC(C)n1nc(-c2cc(N3CCN(Cc4ccccc4)CC3)nn2-c2ccccc2)ccc1=O. The molecule has 2 aromatic heterocycles. The summed E-state index contributed by atoms with van der Waals surface area (Å²) in [7, 11) is 0. The lowest BCUT2D eigenvalue weighted by Gasteiger charge is -2.34. The van der Waals surface area contributed by atoms with Gasteiger partial charge < -0.3 is 4.90 Å². The number of nitrogens with zero attached hydrogens (tertiary/aromatic N) is 6. The molecule has 5 rings (SSSR count). The van der Waals surface area contributed by atoms with Gasteiger partial charge in [0.25, 0.3) is 5.56 Å². The maximum absolute atomic E-state index is 12.3. The Balaban J connectivity index is 1.43. The van der Waals surface area contributed by atoms with E-state index in [1.54, 1.807) is 12.1 Å². The van der Waals surface area contributed by atoms with Gasteiger partial charge >= 0.3 is 0 Å². The average Bonchev–Trinajstić information content (AvgIpc) is 3.31. The lowest BCUT2D eigenvalue weighted by atomic mass is 10.2. The Morgan fingerprint density at radius 3 is 2.18 bits per heavy atom. The molecule has 0 saturated carbocycles. The molecule has 0 amide bonds. The van der Waals surface area contributed by atoms with Crippen LogP contribution in [0.1, 0.15) is 25.5 Å². The van der Waals surface area contributed by atoms with E-state index >= 15 is 0 Å². The first kappa shape index (κ1) is 22.1. The third kappa shape index (κ3) is 4.65. The number of para-hydroxylation sites is 1. The summed E-state index contributed by atoms with van der Waals surface area (Å²) in [6, 6.07) is 26.2. The van der Waals surface area contributed by atoms with Crippen molar-refractivity contribution in [2.24, 2.45) is 0 Å². The van der Waals surface area contributed by atoms with Crippen LogP contribution in [0.5, 0.6) is 0 Å². The quantitative estimate of drug-likeness (QED) is 0.441. The molecular weight excluding hydrogens is 424 g/mol. The Morgan fingerprint density at radius 1 is 0.824 bits per heavy atom. The van der Waals surface area contributed by atoms with Crippen LogP contribution in [0.25, 0.3) is 17.1 Å². The van der Waals surface area contributed by atoms with Gasteiger partial charge in [0.1, 0.15) is 5.69 Å². The van der Waals surface area contributed by atoms with Crippen LogP contribution in [-0.4, -0.2) is 50.6 Å². The standard InChI is InChI=1S/C27H30N6O/c1-21(2)32-27(34)14-13-24(28-32)25-19-26(29-33(25)23-11-7-4-8-12-23)31-17-15-30(16-18-31)20-22-9-5-3-6-10-22/h3-14,19,21H,15-18,20H2,1-2H3. The molecule has 174 valence electrons. The van der Waals surface area contributed by atoms with Crippen molar-refractivity contribution < 1.29 is 0 Å². The molecular formula is C27H30N6O. The third-order valence-electron chi connectivity index (χ3n) is 6.22. The van der Waals surface area contributed by atoms with Crippen molar-refractivity contribution in [1.82, 2.24) is 24.5 Å². The van der Waals surface area contributed by atoms with Crippen molar-refractivity contribution in [3.8, 4) is 17.1 Å². The van der Waals surface area contributed by atoms with Gasteiger partial charge in [-0.1, -0.05) is 48.5 Å². The molecule has 2 aromatic carbocycles. The summed E-state index contributed by atoms with van der Waals surface area (Å²) in [5.41, 5.74) is 3.83. The number of rotatable bonds is 6. The molecule has 1 aliphatic rings. The topological polar surface area (TPSA) is 59.2 Å². The Kier molecular flexibility index (Phi) is 6.27. The van der Waals surface area contributed by atoms with Crippen LogP contribution >= 0.6 is 0 Å². The predicted octanol–water partition coefficient (Wildman–Crippen LogP) is 4.00.